The van der Waals surface area contributed by atoms with Crippen LogP contribution in [0.3, 0.4) is 0 Å². The van der Waals surface area contributed by atoms with Crippen molar-refractivity contribution in [2.45, 2.75) is 39.2 Å². The molecule has 0 aliphatic heterocycles. The van der Waals surface area contributed by atoms with E-state index in [9.17, 15) is 9.18 Å². The van der Waals surface area contributed by atoms with Crippen LogP contribution in [0.15, 0.2) is 18.2 Å². The predicted molar refractivity (Wildman–Crippen MR) is 80.0 cm³/mol. The summed E-state index contributed by atoms with van der Waals surface area (Å²) >= 11 is 0. The number of aryl methyl sites for hydroxylation is 1. The highest BCUT2D eigenvalue weighted by Gasteiger charge is 2.32. The molecular weight excluding hydrogens is 273 g/mol. The first-order chi connectivity index (χ1) is 9.92. The van der Waals surface area contributed by atoms with Crippen molar-refractivity contribution in [3.05, 3.63) is 29.6 Å². The summed E-state index contributed by atoms with van der Waals surface area (Å²) in [5.74, 6) is -0.0478. The fourth-order valence-electron chi connectivity index (χ4n) is 1.90. The Morgan fingerprint density at radius 3 is 2.71 bits per heavy atom. The molecule has 0 saturated heterocycles. The minimum atomic E-state index is -0.724. The van der Waals surface area contributed by atoms with E-state index in [2.05, 4.69) is 5.32 Å². The Balaban J connectivity index is 2.44. The van der Waals surface area contributed by atoms with Crippen molar-refractivity contribution in [1.82, 2.24) is 5.32 Å². The van der Waals surface area contributed by atoms with Crippen LogP contribution < -0.4 is 10.1 Å². The summed E-state index contributed by atoms with van der Waals surface area (Å²) in [7, 11) is 1.73. The van der Waals surface area contributed by atoms with Crippen LogP contribution in [0.1, 0.15) is 32.3 Å². The van der Waals surface area contributed by atoms with Gasteiger partial charge in [-0.25, -0.2) is 4.39 Å². The lowest BCUT2D eigenvalue weighted by molar-refractivity contribution is -0.150. The van der Waals surface area contributed by atoms with Gasteiger partial charge in [-0.2, -0.15) is 0 Å². The minimum absolute atomic E-state index is 0.270. The lowest BCUT2D eigenvalue weighted by Gasteiger charge is -2.26. The van der Waals surface area contributed by atoms with Crippen LogP contribution in [-0.4, -0.2) is 31.8 Å². The van der Waals surface area contributed by atoms with Gasteiger partial charge in [-0.1, -0.05) is 6.07 Å². The van der Waals surface area contributed by atoms with E-state index in [-0.39, 0.29) is 11.8 Å². The normalized spacial score (nSPS) is 13.6. The molecule has 1 unspecified atom stereocenters. The van der Waals surface area contributed by atoms with Crippen LogP contribution >= 0.6 is 0 Å². The second-order valence-corrected chi connectivity index (χ2v) is 5.17. The number of carbonyl (C=O) groups is 1. The number of likely N-dealkylation sites (N-methyl/N-ethyl adjacent to an activating group) is 1. The van der Waals surface area contributed by atoms with Gasteiger partial charge < -0.3 is 14.8 Å². The molecule has 0 aliphatic rings. The Morgan fingerprint density at radius 1 is 1.43 bits per heavy atom. The van der Waals surface area contributed by atoms with Gasteiger partial charge in [0.25, 0.3) is 0 Å². The van der Waals surface area contributed by atoms with Crippen molar-refractivity contribution in [3.8, 4) is 5.75 Å². The fraction of sp³-hybridized carbons (Fsp3) is 0.562. The van der Waals surface area contributed by atoms with E-state index in [1.54, 1.807) is 40.0 Å². The molecule has 118 valence electrons. The third kappa shape index (κ3) is 5.01. The van der Waals surface area contributed by atoms with E-state index in [1.165, 1.54) is 6.07 Å². The fourth-order valence-corrected chi connectivity index (χ4v) is 1.90. The average Bonchev–Trinajstić information content (AvgIpc) is 2.47. The molecule has 0 amide bonds. The first kappa shape index (κ1) is 17.4. The second-order valence-electron chi connectivity index (χ2n) is 5.17. The highest BCUT2D eigenvalue weighted by atomic mass is 19.1. The van der Waals surface area contributed by atoms with Crippen molar-refractivity contribution < 1.29 is 18.7 Å². The van der Waals surface area contributed by atoms with Gasteiger partial charge in [0, 0.05) is 6.07 Å². The summed E-state index contributed by atoms with van der Waals surface area (Å²) in [5, 5.41) is 2.99. The zero-order chi connectivity index (χ0) is 15.9. The SMILES string of the molecule is CCOC(=O)C(C)(CCCOc1ccc(C)c(F)c1)NC. The average molecular weight is 297 g/mol. The number of esters is 1. The van der Waals surface area contributed by atoms with Crippen LogP contribution in [0.5, 0.6) is 5.75 Å². The second kappa shape index (κ2) is 7.98. The molecule has 21 heavy (non-hydrogen) atoms. The van der Waals surface area contributed by atoms with Crippen molar-refractivity contribution in [1.29, 1.82) is 0 Å². The van der Waals surface area contributed by atoms with Gasteiger partial charge >= 0.3 is 5.97 Å². The van der Waals surface area contributed by atoms with E-state index < -0.39 is 5.54 Å². The first-order valence-electron chi connectivity index (χ1n) is 7.18. The molecule has 5 heteroatoms. The van der Waals surface area contributed by atoms with E-state index in [0.29, 0.717) is 37.4 Å². The summed E-state index contributed by atoms with van der Waals surface area (Å²) in [6.07, 6.45) is 1.24. The van der Waals surface area contributed by atoms with Crippen LogP contribution in [0.25, 0.3) is 0 Å². The molecule has 0 saturated carbocycles. The van der Waals surface area contributed by atoms with Crippen molar-refractivity contribution >= 4 is 5.97 Å². The molecule has 1 rings (SSSR count). The number of hydrogen-bond donors (Lipinski definition) is 1. The zero-order valence-electron chi connectivity index (χ0n) is 13.2. The van der Waals surface area contributed by atoms with Crippen molar-refractivity contribution in [2.24, 2.45) is 0 Å². The highest BCUT2D eigenvalue weighted by Crippen LogP contribution is 2.18. The van der Waals surface area contributed by atoms with E-state index >= 15 is 0 Å². The molecular formula is C16H24FNO3. The standard InChI is InChI=1S/C16H24FNO3/c1-5-20-15(19)16(3,18-4)9-6-10-21-13-8-7-12(2)14(17)11-13/h7-8,11,18H,5-6,9-10H2,1-4H3. The molecule has 0 fully saturated rings. The topological polar surface area (TPSA) is 47.6 Å². The lowest BCUT2D eigenvalue weighted by Crippen LogP contribution is -2.48. The van der Waals surface area contributed by atoms with Gasteiger partial charge in [-0.3, -0.25) is 4.79 Å². The maximum absolute atomic E-state index is 13.4. The van der Waals surface area contributed by atoms with Gasteiger partial charge in [0.05, 0.1) is 13.2 Å². The van der Waals surface area contributed by atoms with E-state index in [1.807, 2.05) is 0 Å². The monoisotopic (exact) mass is 297 g/mol. The molecule has 1 aromatic rings. The van der Waals surface area contributed by atoms with Gasteiger partial charge in [-0.05, 0) is 52.3 Å². The Labute approximate surface area is 125 Å². The predicted octanol–water partition coefficient (Wildman–Crippen LogP) is 2.83. The van der Waals surface area contributed by atoms with Gasteiger partial charge in [0.1, 0.15) is 17.1 Å². The molecule has 0 bridgehead atoms. The summed E-state index contributed by atoms with van der Waals surface area (Å²) < 4.78 is 23.9. The lowest BCUT2D eigenvalue weighted by atomic mass is 9.96. The van der Waals surface area contributed by atoms with E-state index in [0.717, 1.165) is 0 Å². The highest BCUT2D eigenvalue weighted by molar-refractivity contribution is 5.80. The van der Waals surface area contributed by atoms with Gasteiger partial charge in [0.2, 0.25) is 0 Å². The Bertz CT molecular complexity index is 479. The summed E-state index contributed by atoms with van der Waals surface area (Å²) in [4.78, 5) is 11.9. The minimum Gasteiger partial charge on any atom is -0.493 e. The molecule has 0 aliphatic carbocycles. The molecule has 0 spiro atoms. The summed E-state index contributed by atoms with van der Waals surface area (Å²) in [6, 6.07) is 4.79. The number of benzene rings is 1. The number of halogens is 1. The molecule has 4 nitrogen and oxygen atoms in total. The largest absolute Gasteiger partial charge is 0.493 e. The molecule has 1 N–H and O–H groups in total. The molecule has 0 aromatic heterocycles. The number of rotatable bonds is 8. The van der Waals surface area contributed by atoms with Crippen LogP contribution in [-0.2, 0) is 9.53 Å². The van der Waals surface area contributed by atoms with Crippen LogP contribution in [0.4, 0.5) is 4.39 Å². The Morgan fingerprint density at radius 2 is 2.14 bits per heavy atom. The smallest absolute Gasteiger partial charge is 0.326 e. The number of ether oxygens (including phenoxy) is 2. The molecule has 1 atom stereocenters. The number of nitrogens with one attached hydrogen (secondary N) is 1. The van der Waals surface area contributed by atoms with Crippen molar-refractivity contribution in [2.75, 3.05) is 20.3 Å². The maximum Gasteiger partial charge on any atom is 0.326 e. The Kier molecular flexibility index (Phi) is 6.62. The van der Waals surface area contributed by atoms with Crippen molar-refractivity contribution in [3.63, 3.8) is 0 Å². The summed E-state index contributed by atoms with van der Waals surface area (Å²) in [5.41, 5.74) is -0.134. The van der Waals surface area contributed by atoms with Crippen LogP contribution in [0.2, 0.25) is 0 Å². The number of carbonyl (C=O) groups excluding carboxylic acids is 1. The molecule has 1 aromatic carbocycles. The quantitative estimate of drug-likeness (QED) is 0.592. The van der Waals surface area contributed by atoms with Crippen LogP contribution in [0, 0.1) is 12.7 Å². The van der Waals surface area contributed by atoms with E-state index in [4.69, 9.17) is 9.47 Å². The molecule has 0 heterocycles. The third-order valence-electron chi connectivity index (χ3n) is 3.51. The first-order valence-corrected chi connectivity index (χ1v) is 7.18. The maximum atomic E-state index is 13.4. The Hall–Kier alpha value is -1.62. The number of hydrogen-bond acceptors (Lipinski definition) is 4. The summed E-state index contributed by atoms with van der Waals surface area (Å²) in [6.45, 7) is 6.06. The molecule has 0 radical (unpaired) electrons. The van der Waals surface area contributed by atoms with Gasteiger partial charge in [-0.15, -0.1) is 0 Å². The van der Waals surface area contributed by atoms with Gasteiger partial charge in [0.15, 0.2) is 0 Å². The third-order valence-corrected chi connectivity index (χ3v) is 3.51. The zero-order valence-corrected chi connectivity index (χ0v) is 13.2.